The first kappa shape index (κ1) is 11.3. The van der Waals surface area contributed by atoms with Crippen molar-refractivity contribution in [3.05, 3.63) is 18.5 Å². The third-order valence-electron chi connectivity index (χ3n) is 2.51. The van der Waals surface area contributed by atoms with Crippen molar-refractivity contribution in [3.8, 4) is 0 Å². The normalized spacial score (nSPS) is 18.5. The Hall–Kier alpha value is -1.18. The molecule has 1 aliphatic rings. The van der Waals surface area contributed by atoms with Gasteiger partial charge in [-0.3, -0.25) is 4.98 Å². The highest BCUT2D eigenvalue weighted by atomic mass is 32.2. The molecule has 6 nitrogen and oxygen atoms in total. The van der Waals surface area contributed by atoms with Crippen molar-refractivity contribution < 1.29 is 8.42 Å². The minimum absolute atomic E-state index is 0.0944. The number of anilines is 1. The van der Waals surface area contributed by atoms with Crippen LogP contribution in [0.15, 0.2) is 23.4 Å². The van der Waals surface area contributed by atoms with E-state index in [0.717, 1.165) is 0 Å². The van der Waals surface area contributed by atoms with Crippen molar-refractivity contribution >= 4 is 15.7 Å². The first-order valence-corrected chi connectivity index (χ1v) is 6.47. The second-order valence-corrected chi connectivity index (χ2v) is 5.47. The summed E-state index contributed by atoms with van der Waals surface area (Å²) in [6.45, 7) is 2.27. The zero-order valence-corrected chi connectivity index (χ0v) is 9.57. The van der Waals surface area contributed by atoms with Gasteiger partial charge in [-0.1, -0.05) is 0 Å². The van der Waals surface area contributed by atoms with Crippen molar-refractivity contribution in [3.63, 3.8) is 0 Å². The molecule has 16 heavy (non-hydrogen) atoms. The predicted octanol–water partition coefficient (Wildman–Crippen LogP) is -0.742. The van der Waals surface area contributed by atoms with Gasteiger partial charge in [-0.05, 0) is 6.07 Å². The second kappa shape index (κ2) is 4.36. The number of piperazine rings is 1. The Bertz CT molecular complexity index is 468. The number of nitrogens with one attached hydrogen (secondary N) is 1. The topological polar surface area (TPSA) is 88.3 Å². The Morgan fingerprint density at radius 2 is 2.06 bits per heavy atom. The Morgan fingerprint density at radius 3 is 2.69 bits per heavy atom. The molecule has 1 fully saturated rings. The van der Waals surface area contributed by atoms with E-state index in [0.29, 0.717) is 26.2 Å². The molecule has 1 aromatic heterocycles. The summed E-state index contributed by atoms with van der Waals surface area (Å²) in [6.07, 6.45) is 2.78. The van der Waals surface area contributed by atoms with Gasteiger partial charge in [0.05, 0.1) is 5.69 Å². The average Bonchev–Trinajstić information content (AvgIpc) is 2.30. The van der Waals surface area contributed by atoms with E-state index in [2.05, 4.69) is 10.3 Å². The minimum atomic E-state index is -3.49. The van der Waals surface area contributed by atoms with E-state index in [9.17, 15) is 8.42 Å². The minimum Gasteiger partial charge on any atom is -0.398 e. The van der Waals surface area contributed by atoms with Crippen LogP contribution in [-0.4, -0.2) is 43.9 Å². The van der Waals surface area contributed by atoms with Gasteiger partial charge < -0.3 is 11.1 Å². The molecule has 2 heterocycles. The van der Waals surface area contributed by atoms with Gasteiger partial charge >= 0.3 is 0 Å². The fourth-order valence-electron chi connectivity index (χ4n) is 1.63. The third kappa shape index (κ3) is 2.01. The molecule has 1 aliphatic heterocycles. The van der Waals surface area contributed by atoms with Crippen LogP contribution in [0.5, 0.6) is 0 Å². The molecule has 0 bridgehead atoms. The lowest BCUT2D eigenvalue weighted by atomic mass is 10.4. The number of sulfonamides is 1. The molecule has 0 unspecified atom stereocenters. The van der Waals surface area contributed by atoms with E-state index < -0.39 is 10.0 Å². The van der Waals surface area contributed by atoms with E-state index in [1.807, 2.05) is 0 Å². The Labute approximate surface area is 94.5 Å². The van der Waals surface area contributed by atoms with Crippen molar-refractivity contribution in [2.24, 2.45) is 0 Å². The molecular weight excluding hydrogens is 228 g/mol. The number of rotatable bonds is 2. The van der Waals surface area contributed by atoms with Gasteiger partial charge in [0.15, 0.2) is 0 Å². The lowest BCUT2D eigenvalue weighted by molar-refractivity contribution is 0.360. The van der Waals surface area contributed by atoms with Crippen molar-refractivity contribution in [1.82, 2.24) is 14.6 Å². The van der Waals surface area contributed by atoms with Gasteiger partial charge in [0.25, 0.3) is 0 Å². The van der Waals surface area contributed by atoms with Crippen molar-refractivity contribution in [2.75, 3.05) is 31.9 Å². The van der Waals surface area contributed by atoms with E-state index in [1.54, 1.807) is 0 Å². The lowest BCUT2D eigenvalue weighted by Crippen LogP contribution is -2.46. The molecule has 1 aromatic rings. The first-order valence-electron chi connectivity index (χ1n) is 5.03. The van der Waals surface area contributed by atoms with E-state index >= 15 is 0 Å². The van der Waals surface area contributed by atoms with Gasteiger partial charge in [-0.15, -0.1) is 0 Å². The summed E-state index contributed by atoms with van der Waals surface area (Å²) >= 11 is 0. The molecule has 0 saturated carbocycles. The summed E-state index contributed by atoms with van der Waals surface area (Å²) in [4.78, 5) is 3.90. The van der Waals surface area contributed by atoms with Gasteiger partial charge in [0.1, 0.15) is 4.90 Å². The second-order valence-electron chi connectivity index (χ2n) is 3.57. The largest absolute Gasteiger partial charge is 0.398 e. The summed E-state index contributed by atoms with van der Waals surface area (Å²) < 4.78 is 25.8. The van der Waals surface area contributed by atoms with Gasteiger partial charge in [-0.25, -0.2) is 8.42 Å². The van der Waals surface area contributed by atoms with Gasteiger partial charge in [0.2, 0.25) is 10.0 Å². The number of nitrogen functional groups attached to an aromatic ring is 1. The fourth-order valence-corrected chi connectivity index (χ4v) is 3.13. The molecule has 7 heteroatoms. The molecule has 1 saturated heterocycles. The molecule has 0 aliphatic carbocycles. The van der Waals surface area contributed by atoms with Crippen LogP contribution < -0.4 is 11.1 Å². The number of aromatic nitrogens is 1. The molecule has 0 aromatic carbocycles. The number of hydrogen-bond donors (Lipinski definition) is 2. The first-order chi connectivity index (χ1) is 7.62. The molecular formula is C9H14N4O2S. The maximum absolute atomic E-state index is 12.2. The number of nitrogens with two attached hydrogens (primary N) is 1. The Morgan fingerprint density at radius 1 is 1.38 bits per heavy atom. The Balaban J connectivity index is 2.35. The quantitative estimate of drug-likeness (QED) is 0.713. The van der Waals surface area contributed by atoms with E-state index in [-0.39, 0.29) is 10.6 Å². The zero-order valence-electron chi connectivity index (χ0n) is 8.76. The zero-order chi connectivity index (χ0) is 11.6. The third-order valence-corrected chi connectivity index (χ3v) is 4.45. The van der Waals surface area contributed by atoms with Gasteiger partial charge in [-0.2, -0.15) is 4.31 Å². The molecule has 2 rings (SSSR count). The highest BCUT2D eigenvalue weighted by Crippen LogP contribution is 2.20. The van der Waals surface area contributed by atoms with Crippen LogP contribution in [0.1, 0.15) is 0 Å². The highest BCUT2D eigenvalue weighted by Gasteiger charge is 2.27. The summed E-state index contributed by atoms with van der Waals surface area (Å²) in [5.74, 6) is 0. The molecule has 0 radical (unpaired) electrons. The van der Waals surface area contributed by atoms with Gasteiger partial charge in [0, 0.05) is 38.6 Å². The Kier molecular flexibility index (Phi) is 3.08. The molecule has 0 amide bonds. The molecule has 0 atom stereocenters. The predicted molar refractivity (Wildman–Crippen MR) is 60.3 cm³/mol. The fraction of sp³-hybridized carbons (Fsp3) is 0.444. The lowest BCUT2D eigenvalue weighted by Gasteiger charge is -2.26. The SMILES string of the molecule is Nc1ccncc1S(=O)(=O)N1CCNCC1. The molecule has 88 valence electrons. The van der Waals surface area contributed by atoms with E-state index in [1.165, 1.54) is 22.8 Å². The maximum atomic E-state index is 12.2. The maximum Gasteiger partial charge on any atom is 0.246 e. The monoisotopic (exact) mass is 242 g/mol. The van der Waals surface area contributed by atoms with Crippen LogP contribution in [0.2, 0.25) is 0 Å². The summed E-state index contributed by atoms with van der Waals surface area (Å²) in [5.41, 5.74) is 5.90. The highest BCUT2D eigenvalue weighted by molar-refractivity contribution is 7.89. The van der Waals surface area contributed by atoms with Crippen molar-refractivity contribution in [2.45, 2.75) is 4.90 Å². The van der Waals surface area contributed by atoms with Crippen LogP contribution >= 0.6 is 0 Å². The molecule has 3 N–H and O–H groups in total. The van der Waals surface area contributed by atoms with Crippen molar-refractivity contribution in [1.29, 1.82) is 0 Å². The van der Waals surface area contributed by atoms with Crippen LogP contribution in [0, 0.1) is 0 Å². The molecule has 0 spiro atoms. The van der Waals surface area contributed by atoms with Crippen LogP contribution in [0.4, 0.5) is 5.69 Å². The summed E-state index contributed by atoms with van der Waals surface area (Å²) in [6, 6.07) is 1.50. The smallest absolute Gasteiger partial charge is 0.246 e. The number of nitrogens with zero attached hydrogens (tertiary/aromatic N) is 2. The van der Waals surface area contributed by atoms with Crippen LogP contribution in [-0.2, 0) is 10.0 Å². The summed E-state index contributed by atoms with van der Waals surface area (Å²) in [5, 5.41) is 3.10. The number of hydrogen-bond acceptors (Lipinski definition) is 5. The average molecular weight is 242 g/mol. The van der Waals surface area contributed by atoms with E-state index in [4.69, 9.17) is 5.73 Å². The van der Waals surface area contributed by atoms with Crippen LogP contribution in [0.3, 0.4) is 0 Å². The number of pyridine rings is 1. The standard InChI is InChI=1S/C9H14N4O2S/c10-8-1-2-12-7-9(8)16(14,15)13-5-3-11-4-6-13/h1-2,7,11H,3-6H2,(H2,10,12). The van der Waals surface area contributed by atoms with Crippen LogP contribution in [0.25, 0.3) is 0 Å². The summed E-state index contributed by atoms with van der Waals surface area (Å²) in [7, 11) is -3.49.